The number of carbonyl (C=O) groups is 1. The van der Waals surface area contributed by atoms with Crippen LogP contribution in [0.15, 0.2) is 71.3 Å². The van der Waals surface area contributed by atoms with Gasteiger partial charge < -0.3 is 9.26 Å². The van der Waals surface area contributed by atoms with Gasteiger partial charge in [-0.15, -0.1) is 0 Å². The number of aryl methyl sites for hydroxylation is 1. The van der Waals surface area contributed by atoms with E-state index in [2.05, 4.69) is 5.16 Å². The number of halogens is 1. The molecule has 4 aromatic rings. The molecule has 0 aliphatic carbocycles. The highest BCUT2D eigenvalue weighted by molar-refractivity contribution is 5.95. The smallest absolute Gasteiger partial charge is 0.343 e. The van der Waals surface area contributed by atoms with Crippen LogP contribution in [-0.4, -0.2) is 11.1 Å². The lowest BCUT2D eigenvalue weighted by Gasteiger charge is -2.06. The van der Waals surface area contributed by atoms with E-state index in [0.29, 0.717) is 22.6 Å². The first kappa shape index (κ1) is 16.0. The lowest BCUT2D eigenvalue weighted by Crippen LogP contribution is -2.09. The highest BCUT2D eigenvalue weighted by Crippen LogP contribution is 2.30. The van der Waals surface area contributed by atoms with Gasteiger partial charge in [-0.2, -0.15) is 0 Å². The van der Waals surface area contributed by atoms with Gasteiger partial charge in [-0.1, -0.05) is 23.4 Å². The molecule has 1 heterocycles. The molecule has 0 saturated heterocycles. The number of carbonyl (C=O) groups excluding carboxylic acids is 1. The maximum Gasteiger partial charge on any atom is 0.343 e. The summed E-state index contributed by atoms with van der Waals surface area (Å²) in [4.78, 5) is 12.3. The average Bonchev–Trinajstić information content (AvgIpc) is 3.06. The summed E-state index contributed by atoms with van der Waals surface area (Å²) in [6.45, 7) is 1.85. The summed E-state index contributed by atoms with van der Waals surface area (Å²) in [5.41, 5.74) is 3.19. The molecule has 3 aromatic carbocycles. The molecule has 5 heteroatoms. The van der Waals surface area contributed by atoms with Crippen LogP contribution in [0.4, 0.5) is 4.39 Å². The highest BCUT2D eigenvalue weighted by Gasteiger charge is 2.14. The lowest BCUT2D eigenvalue weighted by molar-refractivity contribution is 0.0734. The minimum atomic E-state index is -0.430. The van der Waals surface area contributed by atoms with E-state index in [1.54, 1.807) is 42.5 Å². The molecule has 0 unspecified atom stereocenters. The van der Waals surface area contributed by atoms with Gasteiger partial charge in [0.2, 0.25) is 0 Å². The van der Waals surface area contributed by atoms with Crippen LogP contribution in [0, 0.1) is 12.7 Å². The number of ether oxygens (including phenoxy) is 1. The zero-order chi connectivity index (χ0) is 18.1. The SMILES string of the molecule is Cc1ccccc1C(=O)Oc1ccc2c(-c3ccc(F)cc3)noc2c1. The topological polar surface area (TPSA) is 52.3 Å². The molecule has 0 aliphatic rings. The van der Waals surface area contributed by atoms with Crippen LogP contribution in [0.2, 0.25) is 0 Å². The molecule has 0 fully saturated rings. The molecule has 1 aromatic heterocycles. The maximum absolute atomic E-state index is 13.1. The largest absolute Gasteiger partial charge is 0.423 e. The predicted octanol–water partition coefficient (Wildman–Crippen LogP) is 5.16. The van der Waals surface area contributed by atoms with E-state index < -0.39 is 5.97 Å². The first-order valence-electron chi connectivity index (χ1n) is 8.05. The van der Waals surface area contributed by atoms with Gasteiger partial charge in [0.05, 0.1) is 5.56 Å². The first-order valence-corrected chi connectivity index (χ1v) is 8.05. The number of esters is 1. The van der Waals surface area contributed by atoms with Gasteiger partial charge in [0.15, 0.2) is 5.58 Å². The molecule has 0 amide bonds. The highest BCUT2D eigenvalue weighted by atomic mass is 19.1. The number of hydrogen-bond donors (Lipinski definition) is 0. The number of fused-ring (bicyclic) bond motifs is 1. The summed E-state index contributed by atoms with van der Waals surface area (Å²) >= 11 is 0. The fourth-order valence-electron chi connectivity index (χ4n) is 2.76. The zero-order valence-electron chi connectivity index (χ0n) is 13.9. The first-order chi connectivity index (χ1) is 12.6. The summed E-state index contributed by atoms with van der Waals surface area (Å²) in [5.74, 6) is -0.375. The number of benzene rings is 3. The normalized spacial score (nSPS) is 10.8. The van der Waals surface area contributed by atoms with Crippen molar-refractivity contribution in [1.82, 2.24) is 5.16 Å². The van der Waals surface area contributed by atoms with Crippen LogP contribution in [0.3, 0.4) is 0 Å². The van der Waals surface area contributed by atoms with E-state index in [0.717, 1.165) is 16.5 Å². The van der Waals surface area contributed by atoms with Crippen LogP contribution in [0.5, 0.6) is 5.75 Å². The van der Waals surface area contributed by atoms with Crippen LogP contribution >= 0.6 is 0 Å². The Morgan fingerprint density at radius 1 is 1.04 bits per heavy atom. The third kappa shape index (κ3) is 2.95. The van der Waals surface area contributed by atoms with Crippen molar-refractivity contribution in [1.29, 1.82) is 0 Å². The van der Waals surface area contributed by atoms with Gasteiger partial charge in [-0.3, -0.25) is 0 Å². The molecular weight excluding hydrogens is 333 g/mol. The molecule has 0 aliphatic heterocycles. The van der Waals surface area contributed by atoms with Gasteiger partial charge in [-0.25, -0.2) is 9.18 Å². The molecule has 0 N–H and O–H groups in total. The van der Waals surface area contributed by atoms with Gasteiger partial charge in [-0.05, 0) is 55.0 Å². The third-order valence-corrected chi connectivity index (χ3v) is 4.14. The Hall–Kier alpha value is -3.47. The number of aromatic nitrogens is 1. The standard InChI is InChI=1S/C21H14FNO3/c1-13-4-2-3-5-17(13)21(24)25-16-10-11-18-19(12-16)26-23-20(18)14-6-8-15(22)9-7-14/h2-12H,1H3. The summed E-state index contributed by atoms with van der Waals surface area (Å²) in [5, 5.41) is 4.81. The second kappa shape index (κ2) is 6.44. The molecule has 26 heavy (non-hydrogen) atoms. The maximum atomic E-state index is 13.1. The summed E-state index contributed by atoms with van der Waals surface area (Å²) in [6, 6.07) is 18.3. The number of hydrogen-bond acceptors (Lipinski definition) is 4. The third-order valence-electron chi connectivity index (χ3n) is 4.14. The molecule has 0 atom stereocenters. The van der Waals surface area contributed by atoms with Crippen LogP contribution in [-0.2, 0) is 0 Å². The summed E-state index contributed by atoms with van der Waals surface area (Å²) in [6.07, 6.45) is 0. The minimum absolute atomic E-state index is 0.313. The van der Waals surface area contributed by atoms with Gasteiger partial charge >= 0.3 is 5.97 Å². The molecule has 0 radical (unpaired) electrons. The molecule has 128 valence electrons. The number of rotatable bonds is 3. The Balaban J connectivity index is 1.64. The second-order valence-corrected chi connectivity index (χ2v) is 5.90. The van der Waals surface area contributed by atoms with E-state index in [9.17, 15) is 9.18 Å². The zero-order valence-corrected chi connectivity index (χ0v) is 13.9. The van der Waals surface area contributed by atoms with Crippen LogP contribution in [0.25, 0.3) is 22.2 Å². The van der Waals surface area contributed by atoms with Gasteiger partial charge in [0, 0.05) is 17.0 Å². The van der Waals surface area contributed by atoms with Gasteiger partial charge in [0.25, 0.3) is 0 Å². The Labute approximate surface area is 148 Å². The lowest BCUT2D eigenvalue weighted by atomic mass is 10.1. The molecule has 0 saturated carbocycles. The van der Waals surface area contributed by atoms with Crippen LogP contribution in [0.1, 0.15) is 15.9 Å². The van der Waals surface area contributed by atoms with E-state index in [-0.39, 0.29) is 5.82 Å². The second-order valence-electron chi connectivity index (χ2n) is 5.90. The van der Waals surface area contributed by atoms with Crippen molar-refractivity contribution in [2.24, 2.45) is 0 Å². The molecule has 0 spiro atoms. The molecule has 4 rings (SSSR count). The average molecular weight is 347 g/mol. The number of nitrogens with zero attached hydrogens (tertiary/aromatic N) is 1. The van der Waals surface area contributed by atoms with Crippen molar-refractivity contribution in [3.63, 3.8) is 0 Å². The van der Waals surface area contributed by atoms with Crippen molar-refractivity contribution < 1.29 is 18.4 Å². The van der Waals surface area contributed by atoms with E-state index >= 15 is 0 Å². The Kier molecular flexibility index (Phi) is 3.97. The Morgan fingerprint density at radius 3 is 2.58 bits per heavy atom. The quantitative estimate of drug-likeness (QED) is 0.379. The van der Waals surface area contributed by atoms with Crippen molar-refractivity contribution in [2.75, 3.05) is 0 Å². The Morgan fingerprint density at radius 2 is 1.81 bits per heavy atom. The fraction of sp³-hybridized carbons (Fsp3) is 0.0476. The van der Waals surface area contributed by atoms with E-state index in [1.807, 2.05) is 19.1 Å². The van der Waals surface area contributed by atoms with Crippen molar-refractivity contribution in [3.05, 3.63) is 83.7 Å². The summed E-state index contributed by atoms with van der Waals surface area (Å²) < 4.78 is 23.9. The molecule has 0 bridgehead atoms. The Bertz CT molecular complexity index is 1100. The predicted molar refractivity (Wildman–Crippen MR) is 95.5 cm³/mol. The van der Waals surface area contributed by atoms with Gasteiger partial charge in [0.1, 0.15) is 17.3 Å². The summed E-state index contributed by atoms with van der Waals surface area (Å²) in [7, 11) is 0. The van der Waals surface area contributed by atoms with E-state index in [4.69, 9.17) is 9.26 Å². The molecular formula is C21H14FNO3. The van der Waals surface area contributed by atoms with Crippen molar-refractivity contribution in [3.8, 4) is 17.0 Å². The van der Waals surface area contributed by atoms with Crippen LogP contribution < -0.4 is 4.74 Å². The van der Waals surface area contributed by atoms with Crippen molar-refractivity contribution >= 4 is 16.9 Å². The minimum Gasteiger partial charge on any atom is -0.423 e. The monoisotopic (exact) mass is 347 g/mol. The fourth-order valence-corrected chi connectivity index (χ4v) is 2.76. The van der Waals surface area contributed by atoms with Crippen molar-refractivity contribution in [2.45, 2.75) is 6.92 Å². The molecule has 4 nitrogen and oxygen atoms in total. The van der Waals surface area contributed by atoms with E-state index in [1.165, 1.54) is 12.1 Å².